The second-order valence-corrected chi connectivity index (χ2v) is 4.63. The van der Waals surface area contributed by atoms with Gasteiger partial charge in [0.05, 0.1) is 11.3 Å². The van der Waals surface area contributed by atoms with Crippen molar-refractivity contribution in [1.29, 1.82) is 0 Å². The number of thioether (sulfide) groups is 1. The normalized spacial score (nSPS) is 10.0. The van der Waals surface area contributed by atoms with Gasteiger partial charge in [0.25, 0.3) is 5.91 Å². The number of hydrogen-bond donors (Lipinski definition) is 3. The van der Waals surface area contributed by atoms with Gasteiger partial charge in [-0.25, -0.2) is 0 Å². The molecule has 0 atom stereocenters. The Hall–Kier alpha value is -2.05. The molecule has 98 valence electrons. The molecule has 5 nitrogen and oxygen atoms in total. The molecule has 1 amide bonds. The predicted molar refractivity (Wildman–Crippen MR) is 78.2 cm³/mol. The van der Waals surface area contributed by atoms with Crippen LogP contribution in [0.25, 0.3) is 0 Å². The van der Waals surface area contributed by atoms with E-state index in [4.69, 9.17) is 5.84 Å². The molecule has 2 aromatic rings. The van der Waals surface area contributed by atoms with Gasteiger partial charge >= 0.3 is 0 Å². The number of pyridine rings is 1. The quantitative estimate of drug-likeness (QED) is 0.453. The van der Waals surface area contributed by atoms with E-state index in [1.54, 1.807) is 24.0 Å². The Bertz CT molecular complexity index is 588. The van der Waals surface area contributed by atoms with E-state index in [-0.39, 0.29) is 5.91 Å². The summed E-state index contributed by atoms with van der Waals surface area (Å²) in [5.41, 5.74) is 4.16. The minimum atomic E-state index is -0.251. The Morgan fingerprint density at radius 3 is 2.95 bits per heavy atom. The zero-order chi connectivity index (χ0) is 13.7. The maximum atomic E-state index is 12.1. The number of carbonyl (C=O) groups is 1. The Morgan fingerprint density at radius 2 is 2.21 bits per heavy atom. The van der Waals surface area contributed by atoms with Crippen molar-refractivity contribution in [2.75, 3.05) is 17.0 Å². The van der Waals surface area contributed by atoms with Gasteiger partial charge in [-0.3, -0.25) is 15.6 Å². The maximum absolute atomic E-state index is 12.1. The molecule has 1 aromatic carbocycles. The lowest BCUT2D eigenvalue weighted by atomic mass is 10.2. The van der Waals surface area contributed by atoms with Gasteiger partial charge in [0, 0.05) is 23.0 Å². The van der Waals surface area contributed by atoms with Crippen LogP contribution in [-0.2, 0) is 0 Å². The number of amides is 1. The van der Waals surface area contributed by atoms with Gasteiger partial charge in [-0.2, -0.15) is 0 Å². The molecule has 1 heterocycles. The average molecular weight is 274 g/mol. The molecule has 0 saturated carbocycles. The maximum Gasteiger partial charge on any atom is 0.259 e. The molecule has 0 aliphatic rings. The van der Waals surface area contributed by atoms with Crippen LogP contribution >= 0.6 is 11.8 Å². The number of rotatable bonds is 4. The standard InChI is InChI=1S/C13H14N4OS/c1-19-10-4-2-3-9(7-10)16-13(18)11-8-15-6-5-12(11)17-14/h2-8H,14H2,1H3,(H,15,17)(H,16,18). The van der Waals surface area contributed by atoms with Crippen LogP contribution < -0.4 is 16.6 Å². The van der Waals surface area contributed by atoms with Crippen LogP contribution in [0.5, 0.6) is 0 Å². The molecule has 19 heavy (non-hydrogen) atoms. The number of nitrogens with zero attached hydrogens (tertiary/aromatic N) is 1. The van der Waals surface area contributed by atoms with E-state index in [1.807, 2.05) is 30.5 Å². The minimum Gasteiger partial charge on any atom is -0.323 e. The first-order valence-corrected chi connectivity index (χ1v) is 6.83. The number of nitrogens with one attached hydrogen (secondary N) is 2. The highest BCUT2D eigenvalue weighted by Gasteiger charge is 2.11. The van der Waals surface area contributed by atoms with Crippen molar-refractivity contribution in [2.45, 2.75) is 4.90 Å². The van der Waals surface area contributed by atoms with Crippen molar-refractivity contribution < 1.29 is 4.79 Å². The molecule has 4 N–H and O–H groups in total. The summed E-state index contributed by atoms with van der Waals surface area (Å²) in [4.78, 5) is 17.2. The fourth-order valence-corrected chi connectivity index (χ4v) is 2.06. The molecule has 1 aromatic heterocycles. The molecule has 0 fully saturated rings. The number of carbonyl (C=O) groups excluding carboxylic acids is 1. The zero-order valence-corrected chi connectivity index (χ0v) is 11.2. The van der Waals surface area contributed by atoms with Gasteiger partial charge in [-0.05, 0) is 30.5 Å². The predicted octanol–water partition coefficient (Wildman–Crippen LogP) is 2.34. The number of benzene rings is 1. The largest absolute Gasteiger partial charge is 0.323 e. The number of nitrogens with two attached hydrogens (primary N) is 1. The molecule has 0 saturated heterocycles. The zero-order valence-electron chi connectivity index (χ0n) is 10.4. The minimum absolute atomic E-state index is 0.251. The molecule has 0 spiro atoms. The molecule has 0 bridgehead atoms. The van der Waals surface area contributed by atoms with E-state index in [0.29, 0.717) is 11.3 Å². The van der Waals surface area contributed by atoms with Crippen molar-refractivity contribution in [3.8, 4) is 0 Å². The van der Waals surface area contributed by atoms with Crippen LogP contribution in [0.2, 0.25) is 0 Å². The van der Waals surface area contributed by atoms with Crippen LogP contribution in [0.1, 0.15) is 10.4 Å². The third-order valence-electron chi connectivity index (χ3n) is 2.55. The topological polar surface area (TPSA) is 80.0 Å². The van der Waals surface area contributed by atoms with Crippen molar-refractivity contribution in [3.63, 3.8) is 0 Å². The molecule has 6 heteroatoms. The van der Waals surface area contributed by atoms with E-state index >= 15 is 0 Å². The Morgan fingerprint density at radius 1 is 1.37 bits per heavy atom. The van der Waals surface area contributed by atoms with E-state index in [2.05, 4.69) is 15.7 Å². The summed E-state index contributed by atoms with van der Waals surface area (Å²) in [6, 6.07) is 9.27. The van der Waals surface area contributed by atoms with E-state index in [0.717, 1.165) is 10.6 Å². The molecule has 0 aliphatic carbocycles. The van der Waals surface area contributed by atoms with Crippen molar-refractivity contribution in [2.24, 2.45) is 5.84 Å². The smallest absolute Gasteiger partial charge is 0.259 e. The van der Waals surface area contributed by atoms with Crippen molar-refractivity contribution >= 4 is 29.0 Å². The highest BCUT2D eigenvalue weighted by molar-refractivity contribution is 7.98. The highest BCUT2D eigenvalue weighted by atomic mass is 32.2. The monoisotopic (exact) mass is 274 g/mol. The summed E-state index contributed by atoms with van der Waals surface area (Å²) in [6.07, 6.45) is 5.03. The summed E-state index contributed by atoms with van der Waals surface area (Å²) in [6.45, 7) is 0. The van der Waals surface area contributed by atoms with Gasteiger partial charge in [-0.1, -0.05) is 6.07 Å². The van der Waals surface area contributed by atoms with Crippen LogP contribution in [0.4, 0.5) is 11.4 Å². The number of hydrogen-bond acceptors (Lipinski definition) is 5. The molecule has 2 rings (SSSR count). The summed E-state index contributed by atoms with van der Waals surface area (Å²) >= 11 is 1.62. The second kappa shape index (κ2) is 6.21. The highest BCUT2D eigenvalue weighted by Crippen LogP contribution is 2.20. The average Bonchev–Trinajstić information content (AvgIpc) is 2.47. The van der Waals surface area contributed by atoms with Gasteiger partial charge in [0.15, 0.2) is 0 Å². The summed E-state index contributed by atoms with van der Waals surface area (Å²) in [5, 5.41) is 2.82. The molecular formula is C13H14N4OS. The van der Waals surface area contributed by atoms with Gasteiger partial charge in [-0.15, -0.1) is 11.8 Å². The molecule has 0 unspecified atom stereocenters. The second-order valence-electron chi connectivity index (χ2n) is 3.75. The Kier molecular flexibility index (Phi) is 4.38. The summed E-state index contributed by atoms with van der Waals surface area (Å²) in [5.74, 6) is 5.12. The number of aromatic nitrogens is 1. The number of nitrogen functional groups attached to an aromatic ring is 1. The van der Waals surface area contributed by atoms with Gasteiger partial charge in [0.1, 0.15) is 0 Å². The van der Waals surface area contributed by atoms with Crippen molar-refractivity contribution in [1.82, 2.24) is 4.98 Å². The van der Waals surface area contributed by atoms with Gasteiger partial charge in [0.2, 0.25) is 0 Å². The lowest BCUT2D eigenvalue weighted by molar-refractivity contribution is 0.102. The molecular weight excluding hydrogens is 260 g/mol. The first-order chi connectivity index (χ1) is 9.24. The summed E-state index contributed by atoms with van der Waals surface area (Å²) < 4.78 is 0. The first-order valence-electron chi connectivity index (χ1n) is 5.60. The fraction of sp³-hybridized carbons (Fsp3) is 0.0769. The Labute approximate surface area is 115 Å². The van der Waals surface area contributed by atoms with Crippen LogP contribution in [0.3, 0.4) is 0 Å². The van der Waals surface area contributed by atoms with Crippen LogP contribution in [0.15, 0.2) is 47.6 Å². The van der Waals surface area contributed by atoms with Crippen molar-refractivity contribution in [3.05, 3.63) is 48.3 Å². The summed E-state index contributed by atoms with van der Waals surface area (Å²) in [7, 11) is 0. The third-order valence-corrected chi connectivity index (χ3v) is 3.27. The van der Waals surface area contributed by atoms with E-state index < -0.39 is 0 Å². The van der Waals surface area contributed by atoms with Crippen LogP contribution in [-0.4, -0.2) is 17.1 Å². The molecule has 0 aliphatic heterocycles. The van der Waals surface area contributed by atoms with E-state index in [9.17, 15) is 4.79 Å². The number of hydrazine groups is 1. The lowest BCUT2D eigenvalue weighted by Gasteiger charge is -2.09. The Balaban J connectivity index is 2.20. The van der Waals surface area contributed by atoms with E-state index in [1.165, 1.54) is 6.20 Å². The molecule has 0 radical (unpaired) electrons. The number of anilines is 2. The lowest BCUT2D eigenvalue weighted by Crippen LogP contribution is -2.17. The fourth-order valence-electron chi connectivity index (χ4n) is 1.60. The van der Waals surface area contributed by atoms with Gasteiger partial charge < -0.3 is 10.7 Å². The third kappa shape index (κ3) is 3.24. The van der Waals surface area contributed by atoms with Crippen LogP contribution in [0, 0.1) is 0 Å². The SMILES string of the molecule is CSc1cccc(NC(=O)c2cnccc2NN)c1. The first kappa shape index (κ1) is 13.4.